The summed E-state index contributed by atoms with van der Waals surface area (Å²) >= 11 is 5.63. The fourth-order valence-electron chi connectivity index (χ4n) is 0.972. The van der Waals surface area contributed by atoms with Gasteiger partial charge in [-0.1, -0.05) is 18.5 Å². The molecule has 0 bridgehead atoms. The Bertz CT molecular complexity index is 356. The lowest BCUT2D eigenvalue weighted by atomic mass is 10.1. The Morgan fingerprint density at radius 2 is 2.36 bits per heavy atom. The summed E-state index contributed by atoms with van der Waals surface area (Å²) in [5, 5.41) is 10.3. The molecule has 6 heteroatoms. The first-order chi connectivity index (χ1) is 6.56. The Morgan fingerprint density at radius 3 is 2.79 bits per heavy atom. The average Bonchev–Trinajstić information content (AvgIpc) is 2.15. The van der Waals surface area contributed by atoms with E-state index in [4.69, 9.17) is 17.3 Å². The molecule has 0 saturated carbocycles. The number of hydrogen-bond acceptors (Lipinski definition) is 4. The minimum Gasteiger partial charge on any atom is -0.330 e. The molecule has 1 aromatic heterocycles. The van der Waals surface area contributed by atoms with E-state index in [1.54, 1.807) is 6.07 Å². The molecule has 14 heavy (non-hydrogen) atoms. The number of rotatable bonds is 3. The Balaban J connectivity index is 3.06. The summed E-state index contributed by atoms with van der Waals surface area (Å²) < 4.78 is 0. The van der Waals surface area contributed by atoms with Gasteiger partial charge in [0.1, 0.15) is 0 Å². The highest BCUT2D eigenvalue weighted by molar-refractivity contribution is 6.31. The van der Waals surface area contributed by atoms with Crippen LogP contribution in [0.2, 0.25) is 5.15 Å². The van der Waals surface area contributed by atoms with Crippen LogP contribution in [0.1, 0.15) is 18.5 Å². The maximum Gasteiger partial charge on any atom is 0.306 e. The molecule has 0 saturated heterocycles. The topological polar surface area (TPSA) is 82.0 Å². The van der Waals surface area contributed by atoms with Crippen molar-refractivity contribution in [2.24, 2.45) is 5.73 Å². The van der Waals surface area contributed by atoms with Crippen LogP contribution in [0.5, 0.6) is 0 Å². The van der Waals surface area contributed by atoms with Crippen molar-refractivity contribution < 1.29 is 4.92 Å². The number of aromatic nitrogens is 1. The summed E-state index contributed by atoms with van der Waals surface area (Å²) in [6, 6.07) is 2.92. The summed E-state index contributed by atoms with van der Waals surface area (Å²) in [5.74, 6) is 0.0494. The van der Waals surface area contributed by atoms with Gasteiger partial charge in [0.15, 0.2) is 0 Å². The first-order valence-corrected chi connectivity index (χ1v) is 4.45. The predicted octanol–water partition coefficient (Wildman–Crippen LogP) is 1.71. The second-order valence-corrected chi connectivity index (χ2v) is 3.30. The SMILES string of the molecule is CC(CN)c1ccc([N+](=O)[O-])c(Cl)n1. The fraction of sp³-hybridized carbons (Fsp3) is 0.375. The van der Waals surface area contributed by atoms with Crippen molar-refractivity contribution in [3.63, 3.8) is 0 Å². The minimum atomic E-state index is -0.563. The zero-order valence-corrected chi connectivity index (χ0v) is 8.36. The third-order valence-electron chi connectivity index (χ3n) is 1.91. The smallest absolute Gasteiger partial charge is 0.306 e. The average molecular weight is 216 g/mol. The number of pyridine rings is 1. The Kier molecular flexibility index (Phi) is 3.38. The number of nitro groups is 1. The number of halogens is 1. The molecule has 0 fully saturated rings. The van der Waals surface area contributed by atoms with Gasteiger partial charge in [0.2, 0.25) is 5.15 Å². The highest BCUT2D eigenvalue weighted by Gasteiger charge is 2.15. The number of hydrogen-bond donors (Lipinski definition) is 1. The van der Waals surface area contributed by atoms with Gasteiger partial charge in [-0.15, -0.1) is 0 Å². The molecular formula is C8H10ClN3O2. The zero-order valence-electron chi connectivity index (χ0n) is 7.61. The van der Waals surface area contributed by atoms with Gasteiger partial charge in [0, 0.05) is 24.2 Å². The van der Waals surface area contributed by atoms with Gasteiger partial charge in [-0.25, -0.2) is 4.98 Å². The lowest BCUT2D eigenvalue weighted by Crippen LogP contribution is -2.10. The van der Waals surface area contributed by atoms with Crippen molar-refractivity contribution in [2.45, 2.75) is 12.8 Å². The summed E-state index contributed by atoms with van der Waals surface area (Å²) in [5.41, 5.74) is 5.92. The van der Waals surface area contributed by atoms with E-state index in [0.29, 0.717) is 12.2 Å². The summed E-state index contributed by atoms with van der Waals surface area (Å²) in [4.78, 5) is 13.8. The van der Waals surface area contributed by atoms with E-state index < -0.39 is 4.92 Å². The molecule has 0 aromatic carbocycles. The second-order valence-electron chi connectivity index (χ2n) is 2.94. The van der Waals surface area contributed by atoms with Crippen LogP contribution in [0, 0.1) is 10.1 Å². The fourth-order valence-corrected chi connectivity index (χ4v) is 1.20. The van der Waals surface area contributed by atoms with Crippen LogP contribution < -0.4 is 5.73 Å². The molecule has 0 radical (unpaired) electrons. The Hall–Kier alpha value is -1.20. The second kappa shape index (κ2) is 4.34. The molecule has 2 N–H and O–H groups in total. The van der Waals surface area contributed by atoms with E-state index in [1.165, 1.54) is 6.07 Å². The standard InChI is InChI=1S/C8H10ClN3O2/c1-5(4-10)6-2-3-7(12(13)14)8(9)11-6/h2-3,5H,4,10H2,1H3. The van der Waals surface area contributed by atoms with Gasteiger partial charge in [-0.2, -0.15) is 0 Å². The molecule has 76 valence electrons. The lowest BCUT2D eigenvalue weighted by molar-refractivity contribution is -0.385. The van der Waals surface area contributed by atoms with Gasteiger partial charge in [-0.05, 0) is 6.07 Å². The van der Waals surface area contributed by atoms with Crippen LogP contribution in [-0.2, 0) is 0 Å². The molecule has 0 aliphatic rings. The van der Waals surface area contributed by atoms with Gasteiger partial charge in [0.25, 0.3) is 0 Å². The van der Waals surface area contributed by atoms with Gasteiger partial charge >= 0.3 is 5.69 Å². The highest BCUT2D eigenvalue weighted by Crippen LogP contribution is 2.24. The van der Waals surface area contributed by atoms with Crippen LogP contribution in [0.15, 0.2) is 12.1 Å². The van der Waals surface area contributed by atoms with Crippen LogP contribution in [0.25, 0.3) is 0 Å². The van der Waals surface area contributed by atoms with E-state index in [2.05, 4.69) is 4.98 Å². The normalized spacial score (nSPS) is 12.5. The lowest BCUT2D eigenvalue weighted by Gasteiger charge is -2.07. The van der Waals surface area contributed by atoms with Crippen LogP contribution in [0.3, 0.4) is 0 Å². The molecule has 1 heterocycles. The van der Waals surface area contributed by atoms with Crippen molar-refractivity contribution in [2.75, 3.05) is 6.54 Å². The van der Waals surface area contributed by atoms with Gasteiger partial charge in [0.05, 0.1) is 4.92 Å². The maximum atomic E-state index is 10.4. The van der Waals surface area contributed by atoms with E-state index in [-0.39, 0.29) is 16.8 Å². The largest absolute Gasteiger partial charge is 0.330 e. The summed E-state index contributed by atoms with van der Waals surface area (Å²) in [6.45, 7) is 2.31. The first-order valence-electron chi connectivity index (χ1n) is 4.07. The van der Waals surface area contributed by atoms with E-state index in [0.717, 1.165) is 0 Å². The third kappa shape index (κ3) is 2.18. The molecule has 1 unspecified atom stereocenters. The van der Waals surface area contributed by atoms with Gasteiger partial charge < -0.3 is 5.73 Å². The van der Waals surface area contributed by atoms with E-state index in [9.17, 15) is 10.1 Å². The Labute approximate surface area is 86.0 Å². The highest BCUT2D eigenvalue weighted by atomic mass is 35.5. The maximum absolute atomic E-state index is 10.4. The zero-order chi connectivity index (χ0) is 10.7. The number of nitrogens with two attached hydrogens (primary N) is 1. The molecule has 5 nitrogen and oxygen atoms in total. The monoisotopic (exact) mass is 215 g/mol. The molecule has 1 atom stereocenters. The molecule has 0 amide bonds. The van der Waals surface area contributed by atoms with Gasteiger partial charge in [-0.3, -0.25) is 10.1 Å². The summed E-state index contributed by atoms with van der Waals surface area (Å²) in [6.07, 6.45) is 0. The molecular weight excluding hydrogens is 206 g/mol. The predicted molar refractivity (Wildman–Crippen MR) is 53.4 cm³/mol. The van der Waals surface area contributed by atoms with Crippen molar-refractivity contribution in [3.05, 3.63) is 33.1 Å². The molecule has 0 aliphatic heterocycles. The molecule has 0 spiro atoms. The van der Waals surface area contributed by atoms with Crippen molar-refractivity contribution in [1.29, 1.82) is 0 Å². The molecule has 1 rings (SSSR count). The van der Waals surface area contributed by atoms with E-state index >= 15 is 0 Å². The third-order valence-corrected chi connectivity index (χ3v) is 2.18. The van der Waals surface area contributed by atoms with Crippen molar-refractivity contribution >= 4 is 17.3 Å². The molecule has 1 aromatic rings. The first kappa shape index (κ1) is 10.9. The van der Waals surface area contributed by atoms with E-state index in [1.807, 2.05) is 6.92 Å². The Morgan fingerprint density at radius 1 is 1.71 bits per heavy atom. The van der Waals surface area contributed by atoms with Crippen molar-refractivity contribution in [1.82, 2.24) is 4.98 Å². The molecule has 0 aliphatic carbocycles. The minimum absolute atomic E-state index is 0.0494. The van der Waals surface area contributed by atoms with Crippen LogP contribution >= 0.6 is 11.6 Å². The van der Waals surface area contributed by atoms with Crippen molar-refractivity contribution in [3.8, 4) is 0 Å². The summed E-state index contributed by atoms with van der Waals surface area (Å²) in [7, 11) is 0. The number of nitrogens with zero attached hydrogens (tertiary/aromatic N) is 2. The van der Waals surface area contributed by atoms with Crippen LogP contribution in [0.4, 0.5) is 5.69 Å². The quantitative estimate of drug-likeness (QED) is 0.473. The van der Waals surface area contributed by atoms with Crippen LogP contribution in [-0.4, -0.2) is 16.5 Å².